The maximum absolute atomic E-state index is 4.39. The first kappa shape index (κ1) is 19.1. The van der Waals surface area contributed by atoms with E-state index in [-0.39, 0.29) is 0 Å². The van der Waals surface area contributed by atoms with Crippen LogP contribution in [-0.2, 0) is 12.8 Å². The van der Waals surface area contributed by atoms with Crippen molar-refractivity contribution in [3.05, 3.63) is 47.7 Å². The van der Waals surface area contributed by atoms with Gasteiger partial charge in [0.1, 0.15) is 0 Å². The molecule has 0 spiro atoms. The van der Waals surface area contributed by atoms with E-state index in [1.54, 1.807) is 0 Å². The van der Waals surface area contributed by atoms with Crippen molar-refractivity contribution in [1.29, 1.82) is 0 Å². The minimum absolute atomic E-state index is 0.944. The number of hydrogen-bond acceptors (Lipinski definition) is 2. The first-order chi connectivity index (χ1) is 12.8. The lowest BCUT2D eigenvalue weighted by Gasteiger charge is -2.28. The van der Waals surface area contributed by atoms with Crippen LogP contribution in [0.1, 0.15) is 76.5 Å². The van der Waals surface area contributed by atoms with E-state index < -0.39 is 0 Å². The molecule has 0 atom stereocenters. The van der Waals surface area contributed by atoms with E-state index in [4.69, 9.17) is 0 Å². The first-order valence-electron chi connectivity index (χ1n) is 10.7. The van der Waals surface area contributed by atoms with Crippen LogP contribution in [0.25, 0.3) is 11.3 Å². The van der Waals surface area contributed by atoms with Crippen molar-refractivity contribution in [1.82, 2.24) is 10.2 Å². The summed E-state index contributed by atoms with van der Waals surface area (Å²) in [7, 11) is 0. The molecule has 0 N–H and O–H groups in total. The summed E-state index contributed by atoms with van der Waals surface area (Å²) in [5.41, 5.74) is 4.69. The minimum atomic E-state index is 0.944. The number of nitrogens with zero attached hydrogens (tertiary/aromatic N) is 2. The lowest BCUT2D eigenvalue weighted by molar-refractivity contribution is 0.252. The van der Waals surface area contributed by atoms with Gasteiger partial charge in [0.25, 0.3) is 0 Å². The predicted octanol–water partition coefficient (Wildman–Crippen LogP) is 6.64. The third-order valence-electron chi connectivity index (χ3n) is 5.98. The molecule has 1 fully saturated rings. The molecule has 0 saturated heterocycles. The standard InChI is InChI=1S/C24H34N2/c1-3-5-19-7-9-20(10-8-19)11-12-21-13-15-22(16-14-21)24-18-17-23(6-4-2)25-26-24/h13-20H,3-12H2,1-2H3. The van der Waals surface area contributed by atoms with Crippen molar-refractivity contribution in [2.24, 2.45) is 11.8 Å². The van der Waals surface area contributed by atoms with E-state index in [2.05, 4.69) is 60.4 Å². The molecule has 3 rings (SSSR count). The molecule has 0 unspecified atom stereocenters. The van der Waals surface area contributed by atoms with Crippen molar-refractivity contribution >= 4 is 0 Å². The first-order valence-corrected chi connectivity index (χ1v) is 10.7. The molecule has 2 heteroatoms. The Balaban J connectivity index is 1.49. The van der Waals surface area contributed by atoms with E-state index in [0.717, 1.165) is 36.1 Å². The molecule has 1 aliphatic carbocycles. The monoisotopic (exact) mass is 350 g/mol. The van der Waals surface area contributed by atoms with Gasteiger partial charge in [0.15, 0.2) is 0 Å². The van der Waals surface area contributed by atoms with E-state index >= 15 is 0 Å². The SMILES string of the molecule is CCCc1ccc(-c2ccc(CCC3CCC(CCC)CC3)cc2)nn1. The van der Waals surface area contributed by atoms with Crippen molar-refractivity contribution in [3.8, 4) is 11.3 Å². The number of rotatable bonds is 8. The number of aryl methyl sites for hydroxylation is 2. The van der Waals surface area contributed by atoms with Gasteiger partial charge in [-0.2, -0.15) is 10.2 Å². The van der Waals surface area contributed by atoms with Gasteiger partial charge in [0.05, 0.1) is 11.4 Å². The van der Waals surface area contributed by atoms with Crippen LogP contribution < -0.4 is 0 Å². The normalized spacial score (nSPS) is 20.2. The summed E-state index contributed by atoms with van der Waals surface area (Å²) in [4.78, 5) is 0. The van der Waals surface area contributed by atoms with Crippen LogP contribution in [-0.4, -0.2) is 10.2 Å². The summed E-state index contributed by atoms with van der Waals surface area (Å²) in [5.74, 6) is 1.96. The third kappa shape index (κ3) is 5.40. The fraction of sp³-hybridized carbons (Fsp3) is 0.583. The summed E-state index contributed by atoms with van der Waals surface area (Å²) in [5, 5.41) is 8.72. The van der Waals surface area contributed by atoms with E-state index in [0.29, 0.717) is 0 Å². The van der Waals surface area contributed by atoms with Crippen LogP contribution in [0, 0.1) is 11.8 Å². The van der Waals surface area contributed by atoms with Gasteiger partial charge in [-0.1, -0.05) is 83.1 Å². The summed E-state index contributed by atoms with van der Waals surface area (Å²) < 4.78 is 0. The van der Waals surface area contributed by atoms with Gasteiger partial charge in [0, 0.05) is 5.56 Å². The molecular formula is C24H34N2. The molecule has 1 aromatic heterocycles. The van der Waals surface area contributed by atoms with E-state index in [9.17, 15) is 0 Å². The average molecular weight is 351 g/mol. The van der Waals surface area contributed by atoms with Gasteiger partial charge in [-0.25, -0.2) is 0 Å². The van der Waals surface area contributed by atoms with Crippen molar-refractivity contribution in [2.75, 3.05) is 0 Å². The highest BCUT2D eigenvalue weighted by molar-refractivity contribution is 5.58. The summed E-state index contributed by atoms with van der Waals surface area (Å²) >= 11 is 0. The Labute approximate surface area is 159 Å². The van der Waals surface area contributed by atoms with Gasteiger partial charge in [-0.3, -0.25) is 0 Å². The van der Waals surface area contributed by atoms with Crippen molar-refractivity contribution < 1.29 is 0 Å². The molecule has 0 bridgehead atoms. The fourth-order valence-corrected chi connectivity index (χ4v) is 4.33. The second-order valence-corrected chi connectivity index (χ2v) is 8.07. The molecule has 1 aromatic carbocycles. The molecule has 1 heterocycles. The Hall–Kier alpha value is -1.70. The van der Waals surface area contributed by atoms with Crippen molar-refractivity contribution in [3.63, 3.8) is 0 Å². The number of benzene rings is 1. The van der Waals surface area contributed by atoms with Crippen LogP contribution in [0.2, 0.25) is 0 Å². The largest absolute Gasteiger partial charge is 0.155 e. The Morgan fingerprint density at radius 3 is 2.00 bits per heavy atom. The molecule has 2 nitrogen and oxygen atoms in total. The lowest BCUT2D eigenvalue weighted by atomic mass is 9.78. The maximum atomic E-state index is 4.39. The van der Waals surface area contributed by atoms with Gasteiger partial charge in [0.2, 0.25) is 0 Å². The van der Waals surface area contributed by atoms with Crippen molar-refractivity contribution in [2.45, 2.75) is 78.1 Å². The highest BCUT2D eigenvalue weighted by Gasteiger charge is 2.20. The molecule has 0 radical (unpaired) electrons. The van der Waals surface area contributed by atoms with E-state index in [1.807, 2.05) is 0 Å². The Morgan fingerprint density at radius 2 is 1.42 bits per heavy atom. The summed E-state index contributed by atoms with van der Waals surface area (Å²) in [6, 6.07) is 13.2. The average Bonchev–Trinajstić information content (AvgIpc) is 2.69. The quantitative estimate of drug-likeness (QED) is 0.533. The zero-order valence-electron chi connectivity index (χ0n) is 16.6. The van der Waals surface area contributed by atoms with Gasteiger partial charge >= 0.3 is 0 Å². The zero-order chi connectivity index (χ0) is 18.2. The minimum Gasteiger partial charge on any atom is -0.155 e. The molecule has 0 amide bonds. The summed E-state index contributed by atoms with van der Waals surface area (Å²) in [6.45, 7) is 4.49. The third-order valence-corrected chi connectivity index (χ3v) is 5.98. The number of hydrogen-bond donors (Lipinski definition) is 0. The molecule has 1 saturated carbocycles. The topological polar surface area (TPSA) is 25.8 Å². The Bertz CT molecular complexity index is 637. The van der Waals surface area contributed by atoms with Crippen LogP contribution >= 0.6 is 0 Å². The summed E-state index contributed by atoms with van der Waals surface area (Å²) in [6.07, 6.45) is 13.3. The molecule has 1 aliphatic rings. The maximum Gasteiger partial charge on any atom is 0.0929 e. The highest BCUT2D eigenvalue weighted by Crippen LogP contribution is 2.33. The lowest BCUT2D eigenvalue weighted by Crippen LogP contribution is -2.15. The van der Waals surface area contributed by atoms with Crippen LogP contribution in [0.4, 0.5) is 0 Å². The van der Waals surface area contributed by atoms with Gasteiger partial charge < -0.3 is 0 Å². The molecule has 140 valence electrons. The second kappa shape index (κ2) is 9.85. The van der Waals surface area contributed by atoms with Gasteiger partial charge in [-0.15, -0.1) is 0 Å². The molecule has 2 aromatic rings. The van der Waals surface area contributed by atoms with Crippen LogP contribution in [0.5, 0.6) is 0 Å². The Morgan fingerprint density at radius 1 is 0.731 bits per heavy atom. The van der Waals surface area contributed by atoms with Gasteiger partial charge in [-0.05, 0) is 48.8 Å². The molecule has 0 aliphatic heterocycles. The predicted molar refractivity (Wildman–Crippen MR) is 110 cm³/mol. The zero-order valence-corrected chi connectivity index (χ0v) is 16.6. The fourth-order valence-electron chi connectivity index (χ4n) is 4.33. The van der Waals surface area contributed by atoms with Crippen LogP contribution in [0.3, 0.4) is 0 Å². The second-order valence-electron chi connectivity index (χ2n) is 8.07. The smallest absolute Gasteiger partial charge is 0.0929 e. The highest BCUT2D eigenvalue weighted by atomic mass is 15.1. The van der Waals surface area contributed by atoms with E-state index in [1.165, 1.54) is 62.5 Å². The number of aromatic nitrogens is 2. The van der Waals surface area contributed by atoms with Crippen LogP contribution in [0.15, 0.2) is 36.4 Å². The molecular weight excluding hydrogens is 316 g/mol. The molecule has 26 heavy (non-hydrogen) atoms. The Kier molecular flexibility index (Phi) is 7.22.